The zero-order chi connectivity index (χ0) is 20.9. The van der Waals surface area contributed by atoms with Crippen LogP contribution in [-0.2, 0) is 21.4 Å². The van der Waals surface area contributed by atoms with E-state index in [1.165, 1.54) is 34.5 Å². The molecule has 2 rings (SSSR count). The molecule has 1 saturated heterocycles. The molecule has 0 saturated carbocycles. The van der Waals surface area contributed by atoms with Gasteiger partial charge < -0.3 is 9.64 Å². The number of hydrogen-bond donors (Lipinski definition) is 0. The fourth-order valence-electron chi connectivity index (χ4n) is 3.29. The number of piperidine rings is 1. The average Bonchev–Trinajstić information content (AvgIpc) is 2.61. The van der Waals surface area contributed by atoms with E-state index in [4.69, 9.17) is 0 Å². The summed E-state index contributed by atoms with van der Waals surface area (Å²) in [6.07, 6.45) is -3.22. The van der Waals surface area contributed by atoms with Crippen LogP contribution in [0.3, 0.4) is 0 Å². The third-order valence-electron chi connectivity index (χ3n) is 4.57. The highest BCUT2D eigenvalue weighted by Crippen LogP contribution is 2.28. The summed E-state index contributed by atoms with van der Waals surface area (Å²) in [4.78, 5) is 14.1. The van der Waals surface area contributed by atoms with Crippen molar-refractivity contribution in [3.05, 3.63) is 29.8 Å². The molecule has 1 amide bonds. The van der Waals surface area contributed by atoms with Crippen LogP contribution in [0.5, 0.6) is 5.75 Å². The number of carbonyl (C=O) groups excluding carboxylic acids is 1. The number of alkyl halides is 3. The number of nitrogens with zero attached hydrogens (tertiary/aromatic N) is 2. The fourth-order valence-corrected chi connectivity index (χ4v) is 4.88. The molecule has 1 fully saturated rings. The number of carbonyl (C=O) groups is 1. The maximum atomic E-state index is 12.8. The third kappa shape index (κ3) is 6.10. The molecule has 158 valence electrons. The van der Waals surface area contributed by atoms with Gasteiger partial charge in [-0.25, -0.2) is 12.7 Å². The molecule has 1 atom stereocenters. The Morgan fingerprint density at radius 2 is 2.00 bits per heavy atom. The molecular formula is C18H25F3N2O4S. The molecule has 28 heavy (non-hydrogen) atoms. The smallest absolute Gasteiger partial charge is 0.405 e. The number of hydrogen-bond acceptors (Lipinski definition) is 4. The van der Waals surface area contributed by atoms with Crippen molar-refractivity contribution in [1.82, 2.24) is 9.21 Å². The lowest BCUT2D eigenvalue weighted by molar-refractivity contribution is -0.275. The first kappa shape index (κ1) is 22.5. The first-order valence-electron chi connectivity index (χ1n) is 9.10. The normalized spacial score (nSPS) is 18.7. The van der Waals surface area contributed by atoms with Crippen molar-refractivity contribution in [2.45, 2.75) is 39.1 Å². The summed E-state index contributed by atoms with van der Waals surface area (Å²) in [7, 11) is -1.90. The van der Waals surface area contributed by atoms with Crippen LogP contribution in [0.2, 0.25) is 0 Å². The molecule has 0 radical (unpaired) electrons. The first-order valence-corrected chi connectivity index (χ1v) is 10.7. The zero-order valence-electron chi connectivity index (χ0n) is 15.9. The lowest BCUT2D eigenvalue weighted by Crippen LogP contribution is -2.46. The summed E-state index contributed by atoms with van der Waals surface area (Å²) < 4.78 is 67.6. The topological polar surface area (TPSA) is 66.9 Å². The second-order valence-corrected chi connectivity index (χ2v) is 8.95. The van der Waals surface area contributed by atoms with E-state index in [0.29, 0.717) is 25.8 Å². The molecule has 0 aromatic heterocycles. The highest BCUT2D eigenvalue weighted by Gasteiger charge is 2.34. The molecule has 1 aromatic rings. The molecule has 1 aliphatic heterocycles. The van der Waals surface area contributed by atoms with E-state index in [-0.39, 0.29) is 36.1 Å². The first-order chi connectivity index (χ1) is 13.0. The number of benzene rings is 1. The Labute approximate surface area is 163 Å². The number of ether oxygens (including phenoxy) is 1. The summed E-state index contributed by atoms with van der Waals surface area (Å²) >= 11 is 0. The predicted molar refractivity (Wildman–Crippen MR) is 98.0 cm³/mol. The van der Waals surface area contributed by atoms with Crippen molar-refractivity contribution >= 4 is 15.9 Å². The van der Waals surface area contributed by atoms with E-state index in [1.807, 2.05) is 0 Å². The van der Waals surface area contributed by atoms with E-state index >= 15 is 0 Å². The predicted octanol–water partition coefficient (Wildman–Crippen LogP) is 3.00. The van der Waals surface area contributed by atoms with Crippen LogP contribution in [0.1, 0.15) is 31.7 Å². The van der Waals surface area contributed by atoms with Gasteiger partial charge in [0.2, 0.25) is 15.9 Å². The van der Waals surface area contributed by atoms with Crippen LogP contribution >= 0.6 is 0 Å². The molecule has 6 nitrogen and oxygen atoms in total. The Kier molecular flexibility index (Phi) is 7.33. The summed E-state index contributed by atoms with van der Waals surface area (Å²) in [5, 5.41) is 0. The number of amides is 1. The lowest BCUT2D eigenvalue weighted by atomic mass is 9.98. The number of sulfonamides is 1. The minimum absolute atomic E-state index is 0.0336. The van der Waals surface area contributed by atoms with Crippen LogP contribution in [0.25, 0.3) is 0 Å². The minimum atomic E-state index is -4.82. The molecule has 1 aromatic carbocycles. The summed E-state index contributed by atoms with van der Waals surface area (Å²) in [5.41, 5.74) is 0.224. The quantitative estimate of drug-likeness (QED) is 0.678. The maximum Gasteiger partial charge on any atom is 0.573 e. The van der Waals surface area contributed by atoms with Gasteiger partial charge in [0.1, 0.15) is 5.75 Å². The van der Waals surface area contributed by atoms with Gasteiger partial charge in [-0.3, -0.25) is 4.79 Å². The largest absolute Gasteiger partial charge is 0.573 e. The van der Waals surface area contributed by atoms with Crippen LogP contribution in [-0.4, -0.2) is 55.8 Å². The number of rotatable bonds is 7. The van der Waals surface area contributed by atoms with Gasteiger partial charge in [-0.2, -0.15) is 0 Å². The van der Waals surface area contributed by atoms with Gasteiger partial charge in [-0.1, -0.05) is 25.1 Å². The second-order valence-electron chi connectivity index (χ2n) is 6.86. The summed E-state index contributed by atoms with van der Waals surface area (Å²) in [6, 6.07) is 5.64. The molecule has 0 aliphatic carbocycles. The van der Waals surface area contributed by atoms with E-state index in [2.05, 4.69) is 4.74 Å². The molecule has 1 unspecified atom stereocenters. The van der Waals surface area contributed by atoms with Crippen molar-refractivity contribution in [2.24, 2.45) is 5.92 Å². The van der Waals surface area contributed by atoms with Gasteiger partial charge in [0.15, 0.2) is 0 Å². The Bertz CT molecular complexity index is 783. The molecule has 0 N–H and O–H groups in total. The highest BCUT2D eigenvalue weighted by atomic mass is 32.2. The molecular weight excluding hydrogens is 397 g/mol. The third-order valence-corrected chi connectivity index (χ3v) is 6.61. The van der Waals surface area contributed by atoms with E-state index in [1.54, 1.807) is 13.0 Å². The van der Waals surface area contributed by atoms with Gasteiger partial charge in [-0.15, -0.1) is 13.2 Å². The average molecular weight is 422 g/mol. The summed E-state index contributed by atoms with van der Waals surface area (Å²) in [5.74, 6) is -1.13. The van der Waals surface area contributed by atoms with Gasteiger partial charge in [0.25, 0.3) is 0 Å². The molecule has 0 bridgehead atoms. The van der Waals surface area contributed by atoms with Crippen molar-refractivity contribution < 1.29 is 31.1 Å². The Morgan fingerprint density at radius 1 is 1.32 bits per heavy atom. The molecule has 0 spiro atoms. The van der Waals surface area contributed by atoms with Crippen LogP contribution < -0.4 is 4.74 Å². The highest BCUT2D eigenvalue weighted by molar-refractivity contribution is 7.89. The monoisotopic (exact) mass is 422 g/mol. The number of halogens is 3. The molecule has 1 aliphatic rings. The van der Waals surface area contributed by atoms with Gasteiger partial charge in [0.05, 0.1) is 11.7 Å². The van der Waals surface area contributed by atoms with Crippen molar-refractivity contribution in [2.75, 3.05) is 25.9 Å². The molecule has 1 heterocycles. The summed E-state index contributed by atoms with van der Waals surface area (Å²) in [6.45, 7) is 2.20. The second kappa shape index (κ2) is 9.13. The van der Waals surface area contributed by atoms with Crippen molar-refractivity contribution in [1.29, 1.82) is 0 Å². The van der Waals surface area contributed by atoms with E-state index < -0.39 is 22.3 Å². The fraction of sp³-hybridized carbons (Fsp3) is 0.611. The van der Waals surface area contributed by atoms with E-state index in [9.17, 15) is 26.4 Å². The number of para-hydroxylation sites is 1. The Morgan fingerprint density at radius 3 is 2.64 bits per heavy atom. The molecule has 10 heteroatoms. The minimum Gasteiger partial charge on any atom is -0.405 e. The SMILES string of the molecule is CCCS(=O)(=O)N1CCCC(C(=O)N(C)Cc2ccccc2OC(F)(F)F)C1. The standard InChI is InChI=1S/C18H25F3N2O4S/c1-3-11-28(25,26)23-10-6-8-15(13-23)17(24)22(2)12-14-7-4-5-9-16(14)27-18(19,20)21/h4-5,7,9,15H,3,6,8,10-13H2,1-2H3. The zero-order valence-corrected chi connectivity index (χ0v) is 16.7. The van der Waals surface area contributed by atoms with Gasteiger partial charge in [-0.05, 0) is 25.3 Å². The van der Waals surface area contributed by atoms with Crippen molar-refractivity contribution in [3.63, 3.8) is 0 Å². The van der Waals surface area contributed by atoms with Crippen LogP contribution in [0.15, 0.2) is 24.3 Å². The maximum absolute atomic E-state index is 12.8. The lowest BCUT2D eigenvalue weighted by Gasteiger charge is -2.33. The van der Waals surface area contributed by atoms with Gasteiger partial charge in [0, 0.05) is 32.2 Å². The van der Waals surface area contributed by atoms with Crippen LogP contribution in [0.4, 0.5) is 13.2 Å². The van der Waals surface area contributed by atoms with E-state index in [0.717, 1.165) is 0 Å². The Balaban J connectivity index is 2.07. The van der Waals surface area contributed by atoms with Crippen molar-refractivity contribution in [3.8, 4) is 5.75 Å². The Hall–Kier alpha value is -1.81. The van der Waals surface area contributed by atoms with Crippen LogP contribution in [0, 0.1) is 5.92 Å². The van der Waals surface area contributed by atoms with Gasteiger partial charge >= 0.3 is 6.36 Å².